The monoisotopic (exact) mass is 444 g/mol. The van der Waals surface area contributed by atoms with Crippen molar-refractivity contribution in [1.29, 1.82) is 0 Å². The first-order valence-corrected chi connectivity index (χ1v) is 9.22. The fourth-order valence-corrected chi connectivity index (χ4v) is 3.41. The van der Waals surface area contributed by atoms with Crippen LogP contribution in [0.5, 0.6) is 5.75 Å². The van der Waals surface area contributed by atoms with Crippen LogP contribution in [0.15, 0.2) is 65.1 Å². The van der Waals surface area contributed by atoms with Crippen LogP contribution in [0.25, 0.3) is 27.8 Å². The fraction of sp³-hybridized carbons (Fsp3) is 0.0952. The molecule has 1 heterocycles. The lowest BCUT2D eigenvalue weighted by atomic mass is 10.1. The largest absolute Gasteiger partial charge is 0.464 e. The van der Waals surface area contributed by atoms with E-state index >= 15 is 0 Å². The first-order chi connectivity index (χ1) is 13.6. The van der Waals surface area contributed by atoms with Crippen LogP contribution in [-0.2, 0) is 4.74 Å². The molecule has 4 nitrogen and oxygen atoms in total. The minimum absolute atomic E-state index is 0.192. The van der Waals surface area contributed by atoms with Crippen molar-refractivity contribution >= 4 is 26.8 Å². The molecule has 4 aromatic rings. The summed E-state index contributed by atoms with van der Waals surface area (Å²) in [6.45, 7) is -0.192. The van der Waals surface area contributed by atoms with Crippen molar-refractivity contribution in [3.05, 3.63) is 76.8 Å². The first-order valence-electron chi connectivity index (χ1n) is 8.43. The molecule has 7 heteroatoms. The van der Waals surface area contributed by atoms with E-state index in [4.69, 9.17) is 9.47 Å². The molecule has 0 atom stereocenters. The molecule has 0 N–H and O–H groups in total. The van der Waals surface area contributed by atoms with Gasteiger partial charge in [0.25, 0.3) is 0 Å². The molecule has 142 valence electrons. The Hall–Kier alpha value is -2.77. The number of hydrogen-bond donors (Lipinski definition) is 0. The van der Waals surface area contributed by atoms with E-state index in [9.17, 15) is 8.78 Å². The predicted molar refractivity (Wildman–Crippen MR) is 107 cm³/mol. The van der Waals surface area contributed by atoms with Crippen LogP contribution in [0.1, 0.15) is 0 Å². The summed E-state index contributed by atoms with van der Waals surface area (Å²) in [4.78, 5) is 0. The number of ether oxygens (including phenoxy) is 2. The van der Waals surface area contributed by atoms with Gasteiger partial charge < -0.3 is 9.47 Å². The SMILES string of the molecule is COCOc1cc(-n2nc(-c3cccc(Br)c3)c3ccccc32)cc(F)c1F. The molecule has 0 saturated carbocycles. The Balaban J connectivity index is 1.92. The minimum Gasteiger partial charge on any atom is -0.464 e. The molecule has 0 aliphatic carbocycles. The molecule has 0 amide bonds. The maximum Gasteiger partial charge on any atom is 0.200 e. The molecule has 0 unspecified atom stereocenters. The number of rotatable bonds is 5. The average Bonchev–Trinajstić information content (AvgIpc) is 3.09. The third-order valence-electron chi connectivity index (χ3n) is 4.24. The third-order valence-corrected chi connectivity index (χ3v) is 4.74. The highest BCUT2D eigenvalue weighted by Crippen LogP contribution is 2.32. The van der Waals surface area contributed by atoms with Crippen molar-refractivity contribution in [3.63, 3.8) is 0 Å². The van der Waals surface area contributed by atoms with E-state index in [-0.39, 0.29) is 12.5 Å². The number of nitrogens with zero attached hydrogens (tertiary/aromatic N) is 2. The molecule has 0 radical (unpaired) electrons. The van der Waals surface area contributed by atoms with Crippen LogP contribution in [0.2, 0.25) is 0 Å². The Morgan fingerprint density at radius 3 is 2.64 bits per heavy atom. The van der Waals surface area contributed by atoms with Crippen LogP contribution in [-0.4, -0.2) is 23.7 Å². The van der Waals surface area contributed by atoms with Gasteiger partial charge in [-0.05, 0) is 18.2 Å². The summed E-state index contributed by atoms with van der Waals surface area (Å²) >= 11 is 3.47. The summed E-state index contributed by atoms with van der Waals surface area (Å²) < 4.78 is 40.7. The van der Waals surface area contributed by atoms with Gasteiger partial charge in [-0.25, -0.2) is 9.07 Å². The quantitative estimate of drug-likeness (QED) is 0.369. The Morgan fingerprint density at radius 1 is 1.04 bits per heavy atom. The van der Waals surface area contributed by atoms with E-state index < -0.39 is 11.6 Å². The fourth-order valence-electron chi connectivity index (χ4n) is 3.01. The van der Waals surface area contributed by atoms with Crippen LogP contribution >= 0.6 is 15.9 Å². The maximum atomic E-state index is 14.2. The molecule has 0 saturated heterocycles. The van der Waals surface area contributed by atoms with E-state index in [1.54, 1.807) is 4.68 Å². The summed E-state index contributed by atoms with van der Waals surface area (Å²) in [5.41, 5.74) is 2.76. The Labute approximate surface area is 168 Å². The lowest BCUT2D eigenvalue weighted by Gasteiger charge is -2.10. The highest BCUT2D eigenvalue weighted by molar-refractivity contribution is 9.10. The van der Waals surface area contributed by atoms with Crippen LogP contribution in [0.3, 0.4) is 0 Å². The van der Waals surface area contributed by atoms with E-state index in [1.807, 2.05) is 48.5 Å². The van der Waals surface area contributed by atoms with Gasteiger partial charge in [-0.15, -0.1) is 0 Å². The van der Waals surface area contributed by atoms with Crippen molar-refractivity contribution in [1.82, 2.24) is 9.78 Å². The van der Waals surface area contributed by atoms with Gasteiger partial charge >= 0.3 is 0 Å². The third kappa shape index (κ3) is 3.39. The molecule has 3 aromatic carbocycles. The van der Waals surface area contributed by atoms with Gasteiger partial charge in [-0.1, -0.05) is 46.3 Å². The summed E-state index contributed by atoms with van der Waals surface area (Å²) in [5, 5.41) is 5.58. The summed E-state index contributed by atoms with van der Waals surface area (Å²) in [5.74, 6) is -2.32. The molecule has 0 fully saturated rings. The number of aromatic nitrogens is 2. The number of methoxy groups -OCH3 is 1. The second kappa shape index (κ2) is 7.69. The lowest BCUT2D eigenvalue weighted by molar-refractivity contribution is 0.0478. The molecule has 4 rings (SSSR count). The van der Waals surface area contributed by atoms with E-state index in [1.165, 1.54) is 13.2 Å². The highest BCUT2D eigenvalue weighted by atomic mass is 79.9. The molecule has 28 heavy (non-hydrogen) atoms. The van der Waals surface area contributed by atoms with Gasteiger partial charge in [0.1, 0.15) is 5.69 Å². The number of benzene rings is 3. The lowest BCUT2D eigenvalue weighted by Crippen LogP contribution is -2.05. The first kappa shape index (κ1) is 18.6. The molecule has 0 spiro atoms. The average molecular weight is 445 g/mol. The van der Waals surface area contributed by atoms with Gasteiger partial charge in [0.15, 0.2) is 18.4 Å². The zero-order valence-corrected chi connectivity index (χ0v) is 16.4. The Kier molecular flexibility index (Phi) is 5.11. The van der Waals surface area contributed by atoms with E-state index in [0.717, 1.165) is 32.7 Å². The predicted octanol–water partition coefficient (Wildman–Crippen LogP) is 5.72. The number of fused-ring (bicyclic) bond motifs is 1. The van der Waals surface area contributed by atoms with Crippen molar-refractivity contribution in [2.75, 3.05) is 13.9 Å². The smallest absolute Gasteiger partial charge is 0.200 e. The van der Waals surface area contributed by atoms with Crippen LogP contribution in [0.4, 0.5) is 8.78 Å². The minimum atomic E-state index is -1.07. The van der Waals surface area contributed by atoms with Crippen molar-refractivity contribution in [2.45, 2.75) is 0 Å². The van der Waals surface area contributed by atoms with Crippen LogP contribution < -0.4 is 4.74 Å². The molecule has 0 aliphatic rings. The standard InChI is InChI=1S/C21H15BrF2N2O2/c1-27-12-28-19-11-15(10-17(23)20(19)24)26-18-8-3-2-7-16(18)21(25-26)13-5-4-6-14(22)9-13/h2-11H,12H2,1H3. The topological polar surface area (TPSA) is 36.3 Å². The second-order valence-corrected chi connectivity index (χ2v) is 6.99. The molecular formula is C21H15BrF2N2O2. The van der Waals surface area contributed by atoms with Crippen LogP contribution in [0, 0.1) is 11.6 Å². The van der Waals surface area contributed by atoms with Gasteiger partial charge in [0.2, 0.25) is 5.82 Å². The summed E-state index contributed by atoms with van der Waals surface area (Å²) in [6, 6.07) is 17.8. The maximum absolute atomic E-state index is 14.2. The van der Waals surface area contributed by atoms with E-state index in [2.05, 4.69) is 21.0 Å². The highest BCUT2D eigenvalue weighted by Gasteiger charge is 2.18. The van der Waals surface area contributed by atoms with Crippen molar-refractivity contribution < 1.29 is 18.3 Å². The summed E-state index contributed by atoms with van der Waals surface area (Å²) in [7, 11) is 1.41. The molecular weight excluding hydrogens is 430 g/mol. The van der Waals surface area contributed by atoms with Gasteiger partial charge in [-0.2, -0.15) is 9.49 Å². The van der Waals surface area contributed by atoms with Gasteiger partial charge in [-0.3, -0.25) is 0 Å². The summed E-state index contributed by atoms with van der Waals surface area (Å²) in [6.07, 6.45) is 0. The van der Waals surface area contributed by atoms with Crippen molar-refractivity contribution in [2.24, 2.45) is 0 Å². The van der Waals surface area contributed by atoms with E-state index in [0.29, 0.717) is 5.69 Å². The molecule has 1 aromatic heterocycles. The second-order valence-electron chi connectivity index (χ2n) is 6.08. The molecule has 0 aliphatic heterocycles. The molecule has 0 bridgehead atoms. The zero-order chi connectivity index (χ0) is 19.7. The Bertz CT molecular complexity index is 1160. The van der Waals surface area contributed by atoms with Gasteiger partial charge in [0.05, 0.1) is 11.2 Å². The van der Waals surface area contributed by atoms with Gasteiger partial charge in [0, 0.05) is 34.7 Å². The van der Waals surface area contributed by atoms with Crippen molar-refractivity contribution in [3.8, 4) is 22.7 Å². The Morgan fingerprint density at radius 2 is 1.86 bits per heavy atom. The number of halogens is 3. The number of hydrogen-bond acceptors (Lipinski definition) is 3. The zero-order valence-electron chi connectivity index (χ0n) is 14.8. The normalized spacial score (nSPS) is 11.1. The number of para-hydroxylation sites is 1.